The van der Waals surface area contributed by atoms with Crippen LogP contribution in [0.25, 0.3) is 6.08 Å². The molecule has 8 heteroatoms. The summed E-state index contributed by atoms with van der Waals surface area (Å²) in [7, 11) is 0. The zero-order chi connectivity index (χ0) is 24.1. The fourth-order valence-corrected chi connectivity index (χ4v) is 5.59. The Balaban J connectivity index is 1.41. The first-order valence-corrected chi connectivity index (χ1v) is 13.3. The second-order valence-corrected chi connectivity index (χ2v) is 10.8. The number of amides is 2. The van der Waals surface area contributed by atoms with Crippen LogP contribution in [0.3, 0.4) is 0 Å². The third kappa shape index (κ3) is 6.33. The smallest absolute Gasteiger partial charge is 0.293 e. The van der Waals surface area contributed by atoms with Crippen molar-refractivity contribution in [2.45, 2.75) is 19.4 Å². The predicted octanol–water partition coefficient (Wildman–Crippen LogP) is 8.11. The molecule has 0 aliphatic carbocycles. The van der Waals surface area contributed by atoms with Crippen molar-refractivity contribution < 1.29 is 14.3 Å². The molecule has 1 aliphatic rings. The second-order valence-electron chi connectivity index (χ2n) is 7.65. The number of carbonyl (C=O) groups excluding carboxylic acids is 2. The van der Waals surface area contributed by atoms with Gasteiger partial charge in [0, 0.05) is 11.0 Å². The molecule has 1 fully saturated rings. The van der Waals surface area contributed by atoms with Crippen molar-refractivity contribution in [1.29, 1.82) is 0 Å². The summed E-state index contributed by atoms with van der Waals surface area (Å²) < 4.78 is 7.58. The summed E-state index contributed by atoms with van der Waals surface area (Å²) in [5, 5.41) is 0.170. The molecule has 4 rings (SSSR count). The van der Waals surface area contributed by atoms with E-state index in [2.05, 4.69) is 31.9 Å². The lowest BCUT2D eigenvalue weighted by molar-refractivity contribution is -0.122. The van der Waals surface area contributed by atoms with Crippen molar-refractivity contribution >= 4 is 72.4 Å². The molecule has 0 N–H and O–H groups in total. The van der Waals surface area contributed by atoms with E-state index in [0.29, 0.717) is 38.9 Å². The normalized spacial score (nSPS) is 14.8. The molecule has 2 amide bonds. The number of imide groups is 1. The minimum atomic E-state index is -0.272. The molecule has 0 spiro atoms. The summed E-state index contributed by atoms with van der Waals surface area (Å²) in [6, 6.07) is 21.4. The van der Waals surface area contributed by atoms with Gasteiger partial charge >= 0.3 is 0 Å². The summed E-state index contributed by atoms with van der Waals surface area (Å²) >= 11 is 14.4. The van der Waals surface area contributed by atoms with Gasteiger partial charge in [0.1, 0.15) is 6.61 Å². The standard InChI is InChI=1S/C26H20Br2ClNO3S/c27-20-10-8-18(9-11-20)16-33-24-21(28)13-19(14-22(24)29)15-23-25(31)30(26(32)34-23)12-4-7-17-5-2-1-3-6-17/h1-3,5-6,8-11,13-15H,4,7,12,16H2/b23-15+. The number of ether oxygens (including phenoxy) is 1. The number of thioether (sulfide) groups is 1. The van der Waals surface area contributed by atoms with E-state index in [1.54, 1.807) is 12.1 Å². The van der Waals surface area contributed by atoms with Crippen molar-refractivity contribution in [2.75, 3.05) is 6.54 Å². The molecule has 3 aromatic rings. The summed E-state index contributed by atoms with van der Waals surface area (Å²) in [6.45, 7) is 0.761. The van der Waals surface area contributed by atoms with Gasteiger partial charge in [0.25, 0.3) is 11.1 Å². The first kappa shape index (κ1) is 25.0. The third-order valence-electron chi connectivity index (χ3n) is 5.18. The van der Waals surface area contributed by atoms with Crippen molar-refractivity contribution in [3.05, 3.63) is 102 Å². The summed E-state index contributed by atoms with van der Waals surface area (Å²) in [5.74, 6) is 0.252. The number of halogens is 3. The summed E-state index contributed by atoms with van der Waals surface area (Å²) in [4.78, 5) is 26.9. The highest BCUT2D eigenvalue weighted by Gasteiger charge is 2.34. The number of hydrogen-bond acceptors (Lipinski definition) is 4. The Bertz CT molecular complexity index is 1210. The fraction of sp³-hybridized carbons (Fsp3) is 0.154. The third-order valence-corrected chi connectivity index (χ3v) is 7.48. The van der Waals surface area contributed by atoms with Crippen LogP contribution in [0.2, 0.25) is 5.02 Å². The number of hydrogen-bond donors (Lipinski definition) is 0. The topological polar surface area (TPSA) is 46.6 Å². The van der Waals surface area contributed by atoms with E-state index in [0.717, 1.165) is 34.6 Å². The Morgan fingerprint density at radius 1 is 0.971 bits per heavy atom. The van der Waals surface area contributed by atoms with Crippen LogP contribution >= 0.6 is 55.2 Å². The van der Waals surface area contributed by atoms with Crippen LogP contribution in [0.15, 0.2) is 80.6 Å². The van der Waals surface area contributed by atoms with E-state index in [4.69, 9.17) is 16.3 Å². The summed E-state index contributed by atoms with van der Waals surface area (Å²) in [5.41, 5.74) is 2.91. The SMILES string of the molecule is O=C1S/C(=C/c2cc(Cl)c(OCc3ccc(Br)cc3)c(Br)c2)C(=O)N1CCCc1ccccc1. The monoisotopic (exact) mass is 619 g/mol. The Morgan fingerprint density at radius 2 is 1.71 bits per heavy atom. The van der Waals surface area contributed by atoms with Gasteiger partial charge in [-0.1, -0.05) is 70.0 Å². The van der Waals surface area contributed by atoms with E-state index in [9.17, 15) is 9.59 Å². The van der Waals surface area contributed by atoms with Gasteiger partial charge in [0.05, 0.1) is 14.4 Å². The van der Waals surface area contributed by atoms with Crippen LogP contribution in [-0.4, -0.2) is 22.6 Å². The van der Waals surface area contributed by atoms with Gasteiger partial charge in [-0.3, -0.25) is 14.5 Å². The van der Waals surface area contributed by atoms with Gasteiger partial charge in [-0.2, -0.15) is 0 Å². The molecule has 0 aromatic heterocycles. The number of benzene rings is 3. The van der Waals surface area contributed by atoms with Crippen molar-refractivity contribution in [3.8, 4) is 5.75 Å². The maximum Gasteiger partial charge on any atom is 0.293 e. The number of rotatable bonds is 8. The largest absolute Gasteiger partial charge is 0.486 e. The molecule has 0 atom stereocenters. The molecule has 1 saturated heterocycles. The lowest BCUT2D eigenvalue weighted by Crippen LogP contribution is -2.29. The van der Waals surface area contributed by atoms with Gasteiger partial charge < -0.3 is 4.74 Å². The zero-order valence-corrected chi connectivity index (χ0v) is 22.7. The Morgan fingerprint density at radius 3 is 2.41 bits per heavy atom. The molecule has 0 saturated carbocycles. The molecule has 0 unspecified atom stereocenters. The van der Waals surface area contributed by atoms with Crippen LogP contribution in [0, 0.1) is 0 Å². The Labute approximate surface area is 224 Å². The van der Waals surface area contributed by atoms with Crippen molar-refractivity contribution in [3.63, 3.8) is 0 Å². The van der Waals surface area contributed by atoms with Gasteiger partial charge in [0.2, 0.25) is 0 Å². The number of aryl methyl sites for hydroxylation is 1. The quantitative estimate of drug-likeness (QED) is 0.239. The molecule has 3 aromatic carbocycles. The lowest BCUT2D eigenvalue weighted by Gasteiger charge is -2.12. The van der Waals surface area contributed by atoms with E-state index in [1.165, 1.54) is 10.5 Å². The first-order valence-electron chi connectivity index (χ1n) is 10.6. The Kier molecular flexibility index (Phi) is 8.53. The average Bonchev–Trinajstić information content (AvgIpc) is 3.07. The number of nitrogens with zero attached hydrogens (tertiary/aromatic N) is 1. The van der Waals surface area contributed by atoms with Crippen LogP contribution in [0.1, 0.15) is 23.1 Å². The molecule has 1 heterocycles. The predicted molar refractivity (Wildman–Crippen MR) is 145 cm³/mol. The summed E-state index contributed by atoms with van der Waals surface area (Å²) in [6.07, 6.45) is 3.22. The van der Waals surface area contributed by atoms with Crippen molar-refractivity contribution in [2.24, 2.45) is 0 Å². The molecular formula is C26H20Br2ClNO3S. The van der Waals surface area contributed by atoms with E-state index in [-0.39, 0.29) is 11.1 Å². The first-order chi connectivity index (χ1) is 16.4. The maximum absolute atomic E-state index is 12.8. The second kappa shape index (κ2) is 11.6. The molecule has 174 valence electrons. The molecule has 1 aliphatic heterocycles. The lowest BCUT2D eigenvalue weighted by atomic mass is 10.1. The average molecular weight is 622 g/mol. The van der Waals surface area contributed by atoms with Gasteiger partial charge in [-0.25, -0.2) is 0 Å². The van der Waals surface area contributed by atoms with Crippen LogP contribution in [0.5, 0.6) is 5.75 Å². The van der Waals surface area contributed by atoms with Gasteiger partial charge in [-0.05, 0) is 87.6 Å². The molecule has 0 bridgehead atoms. The molecular weight excluding hydrogens is 602 g/mol. The Hall–Kier alpha value is -2.06. The van der Waals surface area contributed by atoms with E-state index in [1.807, 2.05) is 60.7 Å². The molecule has 4 nitrogen and oxygen atoms in total. The highest BCUT2D eigenvalue weighted by molar-refractivity contribution is 9.10. The zero-order valence-electron chi connectivity index (χ0n) is 18.0. The minimum Gasteiger partial charge on any atom is -0.486 e. The van der Waals surface area contributed by atoms with Gasteiger partial charge in [0.15, 0.2) is 5.75 Å². The maximum atomic E-state index is 12.8. The minimum absolute atomic E-state index is 0.246. The van der Waals surface area contributed by atoms with Crippen LogP contribution in [0.4, 0.5) is 4.79 Å². The van der Waals surface area contributed by atoms with Crippen LogP contribution in [-0.2, 0) is 17.8 Å². The number of carbonyl (C=O) groups is 2. The van der Waals surface area contributed by atoms with E-state index < -0.39 is 0 Å². The molecule has 34 heavy (non-hydrogen) atoms. The van der Waals surface area contributed by atoms with E-state index >= 15 is 0 Å². The van der Waals surface area contributed by atoms with Gasteiger partial charge in [-0.15, -0.1) is 0 Å². The van der Waals surface area contributed by atoms with Crippen LogP contribution < -0.4 is 4.74 Å². The highest BCUT2D eigenvalue weighted by atomic mass is 79.9. The molecule has 0 radical (unpaired) electrons. The fourth-order valence-electron chi connectivity index (χ4n) is 3.47. The van der Waals surface area contributed by atoms with Crippen molar-refractivity contribution in [1.82, 2.24) is 4.90 Å². The highest BCUT2D eigenvalue weighted by Crippen LogP contribution is 2.38.